The number of benzene rings is 2. The minimum Gasteiger partial charge on any atom is -0.334 e. The van der Waals surface area contributed by atoms with Gasteiger partial charge in [-0.15, -0.1) is 0 Å². The molecule has 1 aliphatic heterocycles. The summed E-state index contributed by atoms with van der Waals surface area (Å²) in [5.41, 5.74) is 0.791. The van der Waals surface area contributed by atoms with Crippen molar-refractivity contribution in [2.24, 2.45) is 11.3 Å². The van der Waals surface area contributed by atoms with E-state index in [0.29, 0.717) is 6.54 Å². The molecule has 2 aromatic carbocycles. The average Bonchev–Trinajstić information content (AvgIpc) is 2.92. The lowest BCUT2D eigenvalue weighted by Crippen LogP contribution is -2.40. The standard InChI is InChI=1S/C21H25F3N2O/c1-14(17-10-6-8-15-7-4-5-9-18(15)17)25-11-16-12-26(13-20(16,2)3)19(27)21(22,23)24/h4-10,14,16,25H,11-13H2,1-3H3. The minimum atomic E-state index is -4.81. The first-order valence-corrected chi connectivity index (χ1v) is 9.17. The lowest BCUT2D eigenvalue weighted by atomic mass is 9.82. The van der Waals surface area contributed by atoms with Gasteiger partial charge in [0.15, 0.2) is 0 Å². The number of amides is 1. The molecule has 3 nitrogen and oxygen atoms in total. The van der Waals surface area contributed by atoms with Crippen LogP contribution in [0.1, 0.15) is 32.4 Å². The molecular formula is C21H25F3N2O. The highest BCUT2D eigenvalue weighted by atomic mass is 19.4. The summed E-state index contributed by atoms with van der Waals surface area (Å²) in [5.74, 6) is -1.78. The monoisotopic (exact) mass is 378 g/mol. The van der Waals surface area contributed by atoms with E-state index in [0.717, 1.165) is 15.8 Å². The van der Waals surface area contributed by atoms with Crippen LogP contribution in [0.25, 0.3) is 10.8 Å². The van der Waals surface area contributed by atoms with Crippen LogP contribution in [0.5, 0.6) is 0 Å². The van der Waals surface area contributed by atoms with Crippen molar-refractivity contribution >= 4 is 16.7 Å². The lowest BCUT2D eigenvalue weighted by Gasteiger charge is -2.27. The van der Waals surface area contributed by atoms with Gasteiger partial charge in [0.2, 0.25) is 0 Å². The second-order valence-corrected chi connectivity index (χ2v) is 8.07. The number of carbonyl (C=O) groups is 1. The van der Waals surface area contributed by atoms with Gasteiger partial charge in [-0.05, 0) is 34.6 Å². The van der Waals surface area contributed by atoms with E-state index in [2.05, 4.69) is 36.5 Å². The van der Waals surface area contributed by atoms with E-state index >= 15 is 0 Å². The molecule has 27 heavy (non-hydrogen) atoms. The van der Waals surface area contributed by atoms with Crippen LogP contribution in [0.15, 0.2) is 42.5 Å². The molecule has 0 aliphatic carbocycles. The number of halogens is 3. The Morgan fingerprint density at radius 3 is 2.59 bits per heavy atom. The first kappa shape index (κ1) is 19.7. The topological polar surface area (TPSA) is 32.3 Å². The van der Waals surface area contributed by atoms with Gasteiger partial charge in [-0.3, -0.25) is 4.79 Å². The van der Waals surface area contributed by atoms with Crippen LogP contribution in [0.3, 0.4) is 0 Å². The van der Waals surface area contributed by atoms with E-state index in [9.17, 15) is 18.0 Å². The molecule has 2 unspecified atom stereocenters. The van der Waals surface area contributed by atoms with Crippen molar-refractivity contribution in [1.82, 2.24) is 10.2 Å². The molecule has 0 spiro atoms. The number of likely N-dealkylation sites (tertiary alicyclic amines) is 1. The third-order valence-corrected chi connectivity index (χ3v) is 5.63. The van der Waals surface area contributed by atoms with E-state index < -0.39 is 12.1 Å². The largest absolute Gasteiger partial charge is 0.471 e. The van der Waals surface area contributed by atoms with Crippen molar-refractivity contribution in [3.8, 4) is 0 Å². The Bertz CT molecular complexity index is 826. The Morgan fingerprint density at radius 2 is 1.89 bits per heavy atom. The van der Waals surface area contributed by atoms with Crippen LogP contribution >= 0.6 is 0 Å². The molecule has 1 fully saturated rings. The quantitative estimate of drug-likeness (QED) is 0.847. The molecule has 1 heterocycles. The van der Waals surface area contributed by atoms with Gasteiger partial charge in [0.1, 0.15) is 0 Å². The van der Waals surface area contributed by atoms with E-state index in [1.54, 1.807) is 0 Å². The molecule has 2 atom stereocenters. The predicted octanol–water partition coefficient (Wildman–Crippen LogP) is 4.54. The molecule has 2 aromatic rings. The molecule has 1 saturated heterocycles. The summed E-state index contributed by atoms with van der Waals surface area (Å²) in [4.78, 5) is 12.5. The van der Waals surface area contributed by atoms with Crippen LogP contribution in [0.4, 0.5) is 13.2 Å². The third kappa shape index (κ3) is 4.10. The maximum absolute atomic E-state index is 12.8. The number of alkyl halides is 3. The number of carbonyl (C=O) groups excluding carboxylic acids is 1. The number of rotatable bonds is 4. The van der Waals surface area contributed by atoms with E-state index in [-0.39, 0.29) is 30.5 Å². The van der Waals surface area contributed by atoms with Gasteiger partial charge >= 0.3 is 12.1 Å². The fourth-order valence-corrected chi connectivity index (χ4v) is 3.93. The smallest absolute Gasteiger partial charge is 0.334 e. The van der Waals surface area contributed by atoms with Gasteiger partial charge in [-0.2, -0.15) is 13.2 Å². The van der Waals surface area contributed by atoms with Crippen molar-refractivity contribution in [2.45, 2.75) is 33.0 Å². The summed E-state index contributed by atoms with van der Waals surface area (Å²) in [6.07, 6.45) is -4.81. The lowest BCUT2D eigenvalue weighted by molar-refractivity contribution is -0.184. The summed E-state index contributed by atoms with van der Waals surface area (Å²) in [5, 5.41) is 5.79. The van der Waals surface area contributed by atoms with Gasteiger partial charge in [0.05, 0.1) is 0 Å². The number of fused-ring (bicyclic) bond motifs is 1. The highest BCUT2D eigenvalue weighted by Gasteiger charge is 2.49. The molecule has 0 bridgehead atoms. The van der Waals surface area contributed by atoms with Crippen molar-refractivity contribution < 1.29 is 18.0 Å². The van der Waals surface area contributed by atoms with Crippen LogP contribution < -0.4 is 5.32 Å². The van der Waals surface area contributed by atoms with E-state index in [4.69, 9.17) is 0 Å². The maximum atomic E-state index is 12.8. The highest BCUT2D eigenvalue weighted by molar-refractivity contribution is 5.86. The second-order valence-electron chi connectivity index (χ2n) is 8.07. The molecule has 0 radical (unpaired) electrons. The van der Waals surface area contributed by atoms with Crippen molar-refractivity contribution in [2.75, 3.05) is 19.6 Å². The number of hydrogen-bond acceptors (Lipinski definition) is 2. The Kier molecular flexibility index (Phi) is 5.21. The Balaban J connectivity index is 1.69. The Labute approximate surface area is 157 Å². The molecule has 1 N–H and O–H groups in total. The summed E-state index contributed by atoms with van der Waals surface area (Å²) >= 11 is 0. The van der Waals surface area contributed by atoms with Crippen molar-refractivity contribution in [3.63, 3.8) is 0 Å². The first-order valence-electron chi connectivity index (χ1n) is 9.17. The fourth-order valence-electron chi connectivity index (χ4n) is 3.93. The van der Waals surface area contributed by atoms with Gasteiger partial charge in [0.25, 0.3) is 0 Å². The Hall–Kier alpha value is -2.08. The average molecular weight is 378 g/mol. The van der Waals surface area contributed by atoms with E-state index in [1.165, 1.54) is 5.39 Å². The van der Waals surface area contributed by atoms with Gasteiger partial charge in [-0.25, -0.2) is 0 Å². The molecular weight excluding hydrogens is 353 g/mol. The Morgan fingerprint density at radius 1 is 1.22 bits per heavy atom. The van der Waals surface area contributed by atoms with E-state index in [1.807, 2.05) is 32.0 Å². The molecule has 6 heteroatoms. The fraction of sp³-hybridized carbons (Fsp3) is 0.476. The normalized spacial score (nSPS) is 20.8. The van der Waals surface area contributed by atoms with Crippen LogP contribution in [-0.4, -0.2) is 36.6 Å². The number of nitrogens with one attached hydrogen (secondary N) is 1. The summed E-state index contributed by atoms with van der Waals surface area (Å²) < 4.78 is 38.3. The second kappa shape index (κ2) is 7.15. The summed E-state index contributed by atoms with van der Waals surface area (Å²) in [6, 6.07) is 14.3. The number of nitrogens with zero attached hydrogens (tertiary/aromatic N) is 1. The molecule has 0 saturated carbocycles. The van der Waals surface area contributed by atoms with Gasteiger partial charge < -0.3 is 10.2 Å². The molecule has 1 aliphatic rings. The maximum Gasteiger partial charge on any atom is 0.471 e. The minimum absolute atomic E-state index is 0.0405. The first-order chi connectivity index (χ1) is 12.6. The van der Waals surface area contributed by atoms with Crippen molar-refractivity contribution in [1.29, 1.82) is 0 Å². The molecule has 1 amide bonds. The van der Waals surface area contributed by atoms with Crippen LogP contribution in [0, 0.1) is 11.3 Å². The van der Waals surface area contributed by atoms with Gasteiger partial charge in [0, 0.05) is 25.7 Å². The molecule has 0 aromatic heterocycles. The predicted molar refractivity (Wildman–Crippen MR) is 100 cm³/mol. The summed E-state index contributed by atoms with van der Waals surface area (Å²) in [6.45, 7) is 6.71. The zero-order valence-electron chi connectivity index (χ0n) is 15.8. The molecule has 3 rings (SSSR count). The molecule has 146 valence electrons. The zero-order valence-corrected chi connectivity index (χ0v) is 15.8. The SMILES string of the molecule is CC(NCC1CN(C(=O)C(F)(F)F)CC1(C)C)c1cccc2ccccc12. The van der Waals surface area contributed by atoms with Crippen LogP contribution in [-0.2, 0) is 4.79 Å². The van der Waals surface area contributed by atoms with Crippen molar-refractivity contribution in [3.05, 3.63) is 48.0 Å². The zero-order chi connectivity index (χ0) is 19.8. The third-order valence-electron chi connectivity index (χ3n) is 5.63. The van der Waals surface area contributed by atoms with Crippen LogP contribution in [0.2, 0.25) is 0 Å². The number of hydrogen-bond donors (Lipinski definition) is 1. The van der Waals surface area contributed by atoms with Gasteiger partial charge in [-0.1, -0.05) is 56.3 Å². The highest BCUT2D eigenvalue weighted by Crippen LogP contribution is 2.37. The summed E-state index contributed by atoms with van der Waals surface area (Å²) in [7, 11) is 0.